The molecule has 29 heavy (non-hydrogen) atoms. The first-order chi connectivity index (χ1) is 14.0. The maximum absolute atomic E-state index is 13.6. The zero-order valence-corrected chi connectivity index (χ0v) is 18.0. The van der Waals surface area contributed by atoms with Crippen molar-refractivity contribution in [3.05, 3.63) is 35.2 Å². The summed E-state index contributed by atoms with van der Waals surface area (Å²) in [6.45, 7) is 8.16. The molecule has 4 rings (SSSR count). The number of nitrogens with zero attached hydrogens (tertiary/aromatic N) is 7. The van der Waals surface area contributed by atoms with Crippen molar-refractivity contribution in [2.24, 2.45) is 5.92 Å². The smallest absolute Gasteiger partial charge is 0.216 e. The third kappa shape index (κ3) is 4.51. The molecule has 1 unspecified atom stereocenters. The third-order valence-electron chi connectivity index (χ3n) is 5.14. The normalized spacial score (nSPS) is 15.7. The topological polar surface area (TPSA) is 63.0 Å². The summed E-state index contributed by atoms with van der Waals surface area (Å²) in [7, 11) is 0. The van der Waals surface area contributed by atoms with Crippen LogP contribution in [0, 0.1) is 11.7 Å². The van der Waals surface area contributed by atoms with Gasteiger partial charge in [0, 0.05) is 26.2 Å². The molecule has 0 amide bonds. The van der Waals surface area contributed by atoms with Gasteiger partial charge in [0.25, 0.3) is 0 Å². The number of piperazine rings is 1. The molecule has 0 bridgehead atoms. The van der Waals surface area contributed by atoms with E-state index in [2.05, 4.69) is 44.0 Å². The highest BCUT2D eigenvalue weighted by atomic mass is 35.5. The van der Waals surface area contributed by atoms with Crippen molar-refractivity contribution in [1.29, 1.82) is 0 Å². The summed E-state index contributed by atoms with van der Waals surface area (Å²) in [5.41, 5.74) is 0.744. The minimum absolute atomic E-state index is 0.273. The summed E-state index contributed by atoms with van der Waals surface area (Å²) in [6, 6.07) is 4.48. The van der Waals surface area contributed by atoms with E-state index in [4.69, 9.17) is 11.6 Å². The monoisotopic (exact) mass is 435 g/mol. The van der Waals surface area contributed by atoms with Gasteiger partial charge in [-0.25, -0.2) is 9.37 Å². The first-order valence-electron chi connectivity index (χ1n) is 9.72. The second-order valence-corrected chi connectivity index (χ2v) is 8.67. The van der Waals surface area contributed by atoms with E-state index in [0.717, 1.165) is 54.8 Å². The SMILES string of the molecule is CCC(C)Cn1nnc(-c2cnc(N3CCN(c4cc(F)ccc4Cl)CC3)s2)n1. The lowest BCUT2D eigenvalue weighted by atomic mass is 10.1. The van der Waals surface area contributed by atoms with Crippen LogP contribution in [-0.4, -0.2) is 51.4 Å². The zero-order chi connectivity index (χ0) is 20.4. The van der Waals surface area contributed by atoms with Crippen LogP contribution < -0.4 is 9.80 Å². The molecule has 1 aliphatic heterocycles. The molecule has 1 aromatic carbocycles. The van der Waals surface area contributed by atoms with Crippen LogP contribution in [0.2, 0.25) is 5.02 Å². The van der Waals surface area contributed by atoms with Gasteiger partial charge in [-0.2, -0.15) is 4.80 Å². The molecule has 2 aromatic heterocycles. The van der Waals surface area contributed by atoms with Crippen LogP contribution in [0.3, 0.4) is 0 Å². The Morgan fingerprint density at radius 1 is 1.21 bits per heavy atom. The van der Waals surface area contributed by atoms with Crippen molar-refractivity contribution in [1.82, 2.24) is 25.2 Å². The summed E-state index contributed by atoms with van der Waals surface area (Å²) >= 11 is 7.81. The summed E-state index contributed by atoms with van der Waals surface area (Å²) in [6.07, 6.45) is 2.88. The van der Waals surface area contributed by atoms with Crippen molar-refractivity contribution >= 4 is 33.8 Å². The Bertz CT molecular complexity index is 967. The van der Waals surface area contributed by atoms with E-state index < -0.39 is 0 Å². The molecule has 0 spiro atoms. The van der Waals surface area contributed by atoms with Gasteiger partial charge in [0.15, 0.2) is 5.13 Å². The van der Waals surface area contributed by atoms with Gasteiger partial charge in [0.1, 0.15) is 5.82 Å². The van der Waals surface area contributed by atoms with Gasteiger partial charge in [-0.1, -0.05) is 43.2 Å². The van der Waals surface area contributed by atoms with Gasteiger partial charge in [0.05, 0.1) is 28.3 Å². The lowest BCUT2D eigenvalue weighted by Crippen LogP contribution is -2.46. The number of hydrogen-bond donors (Lipinski definition) is 0. The lowest BCUT2D eigenvalue weighted by Gasteiger charge is -2.36. The largest absolute Gasteiger partial charge is 0.367 e. The molecule has 3 aromatic rings. The number of hydrogen-bond acceptors (Lipinski definition) is 7. The van der Waals surface area contributed by atoms with E-state index in [0.29, 0.717) is 16.8 Å². The van der Waals surface area contributed by atoms with Gasteiger partial charge in [-0.3, -0.25) is 0 Å². The van der Waals surface area contributed by atoms with Gasteiger partial charge in [0.2, 0.25) is 5.82 Å². The van der Waals surface area contributed by atoms with E-state index in [1.165, 1.54) is 12.1 Å². The van der Waals surface area contributed by atoms with Crippen molar-refractivity contribution in [3.63, 3.8) is 0 Å². The first-order valence-corrected chi connectivity index (χ1v) is 10.9. The molecule has 7 nitrogen and oxygen atoms in total. The van der Waals surface area contributed by atoms with Gasteiger partial charge in [-0.15, -0.1) is 10.2 Å². The van der Waals surface area contributed by atoms with Crippen LogP contribution in [0.5, 0.6) is 0 Å². The standard InChI is InChI=1S/C19H23ClFN7S/c1-3-13(2)12-28-24-18(23-25-28)17-11-22-19(29-17)27-8-6-26(7-9-27)16-10-14(21)4-5-15(16)20/h4-5,10-11,13H,3,6-9,12H2,1-2H3. The summed E-state index contributed by atoms with van der Waals surface area (Å²) in [5.74, 6) is 0.851. The Morgan fingerprint density at radius 3 is 2.72 bits per heavy atom. The van der Waals surface area contributed by atoms with Crippen molar-refractivity contribution < 1.29 is 4.39 Å². The average Bonchev–Trinajstić information content (AvgIpc) is 3.39. The van der Waals surface area contributed by atoms with Crippen LogP contribution in [0.1, 0.15) is 20.3 Å². The Balaban J connectivity index is 1.40. The molecule has 0 saturated carbocycles. The molecular weight excluding hydrogens is 413 g/mol. The molecule has 154 valence electrons. The minimum atomic E-state index is -0.273. The van der Waals surface area contributed by atoms with E-state index in [-0.39, 0.29) is 5.82 Å². The van der Waals surface area contributed by atoms with Crippen LogP contribution in [0.15, 0.2) is 24.4 Å². The minimum Gasteiger partial charge on any atom is -0.367 e. The lowest BCUT2D eigenvalue weighted by molar-refractivity contribution is 0.397. The van der Waals surface area contributed by atoms with Crippen LogP contribution in [0.4, 0.5) is 15.2 Å². The number of halogens is 2. The van der Waals surface area contributed by atoms with Crippen LogP contribution >= 0.6 is 22.9 Å². The number of rotatable bonds is 6. The van der Waals surface area contributed by atoms with Gasteiger partial charge < -0.3 is 9.80 Å². The molecule has 1 atom stereocenters. The second-order valence-electron chi connectivity index (χ2n) is 7.26. The highest BCUT2D eigenvalue weighted by molar-refractivity contribution is 7.18. The molecule has 10 heteroatoms. The maximum Gasteiger partial charge on any atom is 0.216 e. The second kappa shape index (κ2) is 8.62. The van der Waals surface area contributed by atoms with E-state index in [1.54, 1.807) is 28.4 Å². The van der Waals surface area contributed by atoms with E-state index in [1.807, 2.05) is 0 Å². The Morgan fingerprint density at radius 2 is 1.97 bits per heavy atom. The Labute approximate surface area is 178 Å². The predicted octanol–water partition coefficient (Wildman–Crippen LogP) is 3.96. The summed E-state index contributed by atoms with van der Waals surface area (Å²) in [5, 5.41) is 14.3. The fraction of sp³-hybridized carbons (Fsp3) is 0.474. The number of anilines is 2. The number of thiazole rings is 1. The van der Waals surface area contributed by atoms with Gasteiger partial charge in [-0.05, 0) is 29.3 Å². The Kier molecular flexibility index (Phi) is 5.96. The first kappa shape index (κ1) is 20.0. The van der Waals surface area contributed by atoms with E-state index >= 15 is 0 Å². The van der Waals surface area contributed by atoms with Crippen molar-refractivity contribution in [2.75, 3.05) is 36.0 Å². The van der Waals surface area contributed by atoms with Crippen LogP contribution in [-0.2, 0) is 6.54 Å². The quantitative estimate of drug-likeness (QED) is 0.584. The van der Waals surface area contributed by atoms with E-state index in [9.17, 15) is 4.39 Å². The molecular formula is C19H23ClFN7S. The van der Waals surface area contributed by atoms with Crippen molar-refractivity contribution in [2.45, 2.75) is 26.8 Å². The van der Waals surface area contributed by atoms with Gasteiger partial charge >= 0.3 is 0 Å². The van der Waals surface area contributed by atoms with Crippen LogP contribution in [0.25, 0.3) is 10.7 Å². The maximum atomic E-state index is 13.6. The molecule has 1 aliphatic rings. The highest BCUT2D eigenvalue weighted by Gasteiger charge is 2.22. The third-order valence-corrected chi connectivity index (χ3v) is 6.51. The average molecular weight is 436 g/mol. The summed E-state index contributed by atoms with van der Waals surface area (Å²) < 4.78 is 13.6. The highest BCUT2D eigenvalue weighted by Crippen LogP contribution is 2.31. The fourth-order valence-corrected chi connectivity index (χ4v) is 4.34. The molecule has 1 fully saturated rings. The predicted molar refractivity (Wildman–Crippen MR) is 114 cm³/mol. The molecule has 3 heterocycles. The fourth-order valence-electron chi connectivity index (χ4n) is 3.21. The number of tetrazole rings is 1. The number of aromatic nitrogens is 5. The number of benzene rings is 1. The zero-order valence-electron chi connectivity index (χ0n) is 16.4. The Hall–Kier alpha value is -2.26. The summed E-state index contributed by atoms with van der Waals surface area (Å²) in [4.78, 5) is 11.5. The molecule has 0 aliphatic carbocycles. The molecule has 0 radical (unpaired) electrons. The molecule has 1 saturated heterocycles. The molecule has 0 N–H and O–H groups in total. The van der Waals surface area contributed by atoms with Crippen molar-refractivity contribution in [3.8, 4) is 10.7 Å².